The molecular formula is C16H17N3O4. The van der Waals surface area contributed by atoms with E-state index in [0.29, 0.717) is 22.6 Å². The van der Waals surface area contributed by atoms with Gasteiger partial charge in [-0.25, -0.2) is 4.79 Å². The Hall–Kier alpha value is -3.01. The minimum absolute atomic E-state index is 0.00237. The summed E-state index contributed by atoms with van der Waals surface area (Å²) < 4.78 is 4.48. The lowest BCUT2D eigenvalue weighted by molar-refractivity contribution is -0.135. The Bertz CT molecular complexity index is 715. The third-order valence-corrected chi connectivity index (χ3v) is 3.10. The smallest absolute Gasteiger partial charge is 0.379 e. The Balaban J connectivity index is 2.99. The number of hydrogen-bond donors (Lipinski definition) is 0. The van der Waals surface area contributed by atoms with Crippen LogP contribution in [0.5, 0.6) is 0 Å². The molecule has 0 heterocycles. The zero-order chi connectivity index (χ0) is 17.4. The van der Waals surface area contributed by atoms with E-state index in [2.05, 4.69) is 19.9 Å². The maximum absolute atomic E-state index is 12.1. The lowest BCUT2D eigenvalue weighted by Crippen LogP contribution is -2.19. The molecule has 0 aliphatic heterocycles. The van der Waals surface area contributed by atoms with E-state index in [9.17, 15) is 9.59 Å². The van der Waals surface area contributed by atoms with E-state index in [0.717, 1.165) is 7.11 Å². The van der Waals surface area contributed by atoms with Crippen LogP contribution in [0.2, 0.25) is 0 Å². The molecule has 0 N–H and O–H groups in total. The van der Waals surface area contributed by atoms with Crippen molar-refractivity contribution in [2.45, 2.75) is 27.4 Å². The number of methoxy groups -OCH3 is 1. The van der Waals surface area contributed by atoms with Crippen LogP contribution >= 0.6 is 0 Å². The van der Waals surface area contributed by atoms with Gasteiger partial charge in [-0.15, -0.1) is 4.95 Å². The van der Waals surface area contributed by atoms with Gasteiger partial charge < -0.3 is 9.57 Å². The first-order chi connectivity index (χ1) is 10.9. The molecule has 0 amide bonds. The van der Waals surface area contributed by atoms with Gasteiger partial charge in [0.2, 0.25) is 0 Å². The molecule has 0 aliphatic carbocycles. The number of carbonyl (C=O) groups excluding carboxylic acids is 2. The molecule has 120 valence electrons. The number of aryl methyl sites for hydroxylation is 1. The maximum Gasteiger partial charge on any atom is 0.379 e. The van der Waals surface area contributed by atoms with E-state index in [1.165, 1.54) is 0 Å². The Kier molecular flexibility index (Phi) is 6.62. The second kappa shape index (κ2) is 8.44. The zero-order valence-electron chi connectivity index (χ0n) is 13.4. The summed E-state index contributed by atoms with van der Waals surface area (Å²) in [4.78, 5) is 31.7. The van der Waals surface area contributed by atoms with Gasteiger partial charge in [0.15, 0.2) is 0 Å². The summed E-state index contributed by atoms with van der Waals surface area (Å²) in [5.74, 6) is -1.66. The molecule has 1 rings (SSSR count). The highest BCUT2D eigenvalue weighted by Gasteiger charge is 2.22. The Morgan fingerprint density at radius 2 is 1.96 bits per heavy atom. The fourth-order valence-corrected chi connectivity index (χ4v) is 1.78. The Labute approximate surface area is 134 Å². The quantitative estimate of drug-likeness (QED) is 0.202. The Morgan fingerprint density at radius 1 is 1.26 bits per heavy atom. The van der Waals surface area contributed by atoms with E-state index in [1.54, 1.807) is 39.0 Å². The van der Waals surface area contributed by atoms with Gasteiger partial charge in [-0.3, -0.25) is 4.79 Å². The zero-order valence-corrected chi connectivity index (χ0v) is 13.4. The average Bonchev–Trinajstić information content (AvgIpc) is 2.53. The maximum atomic E-state index is 12.1. The topological polar surface area (TPSA) is 81.7 Å². The summed E-state index contributed by atoms with van der Waals surface area (Å²) in [6, 6.07) is 5.15. The normalized spacial score (nSPS) is 11.6. The summed E-state index contributed by atoms with van der Waals surface area (Å²) in [7, 11) is 1.15. The van der Waals surface area contributed by atoms with Crippen LogP contribution in [0.25, 0.3) is 4.95 Å². The molecule has 1 aromatic rings. The van der Waals surface area contributed by atoms with Crippen LogP contribution in [0.1, 0.15) is 35.3 Å². The van der Waals surface area contributed by atoms with Crippen molar-refractivity contribution in [3.63, 3.8) is 0 Å². The lowest BCUT2D eigenvalue weighted by Gasteiger charge is -2.10. The van der Waals surface area contributed by atoms with E-state index in [4.69, 9.17) is 11.4 Å². The van der Waals surface area contributed by atoms with Crippen LogP contribution in [0.3, 0.4) is 0 Å². The van der Waals surface area contributed by atoms with Gasteiger partial charge in [0, 0.05) is 11.1 Å². The van der Waals surface area contributed by atoms with Crippen molar-refractivity contribution in [1.82, 2.24) is 0 Å². The molecule has 7 nitrogen and oxygen atoms in total. The minimum atomic E-state index is -0.930. The standard InChI is InChI=1S/C16H17N3O4/c1-10-7-6-8-13(14(10)15(20)16(21)22-5)9-23-19-12(3)11(2)18-17-4/h6-8H,9H2,1-3,5H3/b18-11-,19-12-. The molecule has 0 saturated heterocycles. The van der Waals surface area contributed by atoms with Gasteiger partial charge in [0.1, 0.15) is 18.0 Å². The number of nitrogens with zero attached hydrogens (tertiary/aromatic N) is 3. The number of benzene rings is 1. The number of ether oxygens (including phenoxy) is 1. The van der Waals surface area contributed by atoms with Gasteiger partial charge in [-0.2, -0.15) is 6.57 Å². The first-order valence-electron chi connectivity index (χ1n) is 6.71. The van der Waals surface area contributed by atoms with Crippen LogP contribution < -0.4 is 0 Å². The molecule has 0 aromatic heterocycles. The van der Waals surface area contributed by atoms with Crippen LogP contribution in [0.4, 0.5) is 0 Å². The SMILES string of the molecule is [C-]#[N+]/N=C(C)\C(C)=N/OCc1cccc(C)c1C(=O)C(=O)OC. The number of hydrogen-bond acceptors (Lipinski definition) is 6. The van der Waals surface area contributed by atoms with Gasteiger partial charge >= 0.3 is 5.97 Å². The van der Waals surface area contributed by atoms with Gasteiger partial charge in [-0.1, -0.05) is 23.4 Å². The second-order valence-electron chi connectivity index (χ2n) is 4.67. The third-order valence-electron chi connectivity index (χ3n) is 3.10. The highest BCUT2D eigenvalue weighted by atomic mass is 16.6. The average molecular weight is 315 g/mol. The monoisotopic (exact) mass is 315 g/mol. The lowest BCUT2D eigenvalue weighted by atomic mass is 9.98. The van der Waals surface area contributed by atoms with E-state index in [1.807, 2.05) is 0 Å². The fourth-order valence-electron chi connectivity index (χ4n) is 1.78. The highest BCUT2D eigenvalue weighted by Crippen LogP contribution is 2.17. The fraction of sp³-hybridized carbons (Fsp3) is 0.312. The Morgan fingerprint density at radius 3 is 2.57 bits per heavy atom. The van der Waals surface area contributed by atoms with Crippen molar-refractivity contribution < 1.29 is 19.2 Å². The summed E-state index contributed by atoms with van der Waals surface area (Å²) in [5.41, 5.74) is 2.31. The number of rotatable bonds is 6. The summed E-state index contributed by atoms with van der Waals surface area (Å²) >= 11 is 0. The van der Waals surface area contributed by atoms with Crippen LogP contribution in [-0.4, -0.2) is 30.3 Å². The van der Waals surface area contributed by atoms with E-state index >= 15 is 0 Å². The molecule has 0 fully saturated rings. The number of carbonyl (C=O) groups is 2. The molecule has 0 radical (unpaired) electrons. The van der Waals surface area contributed by atoms with Crippen molar-refractivity contribution in [3.05, 3.63) is 46.4 Å². The molecule has 0 spiro atoms. The van der Waals surface area contributed by atoms with Gasteiger partial charge in [0.05, 0.1) is 12.2 Å². The molecule has 0 unspecified atom stereocenters. The number of Topliss-reactive ketones (excluding diaryl/α,β-unsaturated/α-hetero) is 1. The van der Waals surface area contributed by atoms with Crippen LogP contribution in [-0.2, 0) is 21.0 Å². The molecule has 23 heavy (non-hydrogen) atoms. The molecule has 0 aliphatic rings. The minimum Gasteiger partial charge on any atom is -0.463 e. The number of oxime groups is 1. The van der Waals surface area contributed by atoms with E-state index in [-0.39, 0.29) is 12.2 Å². The van der Waals surface area contributed by atoms with Crippen molar-refractivity contribution in [2.75, 3.05) is 7.11 Å². The highest BCUT2D eigenvalue weighted by molar-refractivity contribution is 6.41. The number of esters is 1. The van der Waals surface area contributed by atoms with Crippen molar-refractivity contribution >= 4 is 23.2 Å². The third kappa shape index (κ3) is 4.74. The number of ketones is 1. The molecule has 0 bridgehead atoms. The second-order valence-corrected chi connectivity index (χ2v) is 4.67. The summed E-state index contributed by atoms with van der Waals surface area (Å²) in [5, 5.41) is 7.37. The van der Waals surface area contributed by atoms with Crippen LogP contribution in [0, 0.1) is 13.5 Å². The van der Waals surface area contributed by atoms with Crippen molar-refractivity contribution in [2.24, 2.45) is 10.3 Å². The van der Waals surface area contributed by atoms with Gasteiger partial charge in [-0.05, 0) is 26.3 Å². The summed E-state index contributed by atoms with van der Waals surface area (Å²) in [6.07, 6.45) is 0. The predicted octanol–water partition coefficient (Wildman–Crippen LogP) is 2.54. The molecular weight excluding hydrogens is 298 g/mol. The van der Waals surface area contributed by atoms with E-state index < -0.39 is 11.8 Å². The molecule has 1 aromatic carbocycles. The largest absolute Gasteiger partial charge is 0.463 e. The van der Waals surface area contributed by atoms with Crippen molar-refractivity contribution in [3.8, 4) is 0 Å². The van der Waals surface area contributed by atoms with Crippen LogP contribution in [0.15, 0.2) is 28.5 Å². The van der Waals surface area contributed by atoms with Gasteiger partial charge in [0.25, 0.3) is 5.78 Å². The molecule has 0 saturated carbocycles. The summed E-state index contributed by atoms with van der Waals surface area (Å²) in [6.45, 7) is 11.7. The first kappa shape index (κ1) is 18.0. The molecule has 0 atom stereocenters. The molecule has 7 heteroatoms. The first-order valence-corrected chi connectivity index (χ1v) is 6.71. The predicted molar refractivity (Wildman–Crippen MR) is 85.1 cm³/mol. The van der Waals surface area contributed by atoms with Crippen molar-refractivity contribution in [1.29, 1.82) is 0 Å².